The molecule has 5 nitrogen and oxygen atoms in total. The Balaban J connectivity index is 2.04. The lowest BCUT2D eigenvalue weighted by Gasteiger charge is -2.30. The first-order valence-corrected chi connectivity index (χ1v) is 7.15. The molecule has 0 aromatic carbocycles. The van der Waals surface area contributed by atoms with Gasteiger partial charge in [0.05, 0.1) is 13.2 Å². The monoisotopic (exact) mass is 268 g/mol. The van der Waals surface area contributed by atoms with Gasteiger partial charge in [-0.3, -0.25) is 9.59 Å². The van der Waals surface area contributed by atoms with E-state index < -0.39 is 0 Å². The Morgan fingerprint density at radius 1 is 1.37 bits per heavy atom. The van der Waals surface area contributed by atoms with E-state index in [9.17, 15) is 9.59 Å². The van der Waals surface area contributed by atoms with Gasteiger partial charge >= 0.3 is 5.97 Å². The van der Waals surface area contributed by atoms with E-state index in [4.69, 9.17) is 0 Å². The van der Waals surface area contributed by atoms with Gasteiger partial charge < -0.3 is 15.0 Å². The summed E-state index contributed by atoms with van der Waals surface area (Å²) in [5.74, 6) is 0.783. The van der Waals surface area contributed by atoms with Crippen molar-refractivity contribution in [1.29, 1.82) is 0 Å². The molecule has 1 saturated heterocycles. The van der Waals surface area contributed by atoms with Gasteiger partial charge in [-0.1, -0.05) is 6.42 Å². The van der Waals surface area contributed by atoms with Crippen LogP contribution < -0.4 is 5.32 Å². The number of carbonyl (C=O) groups excluding carboxylic acids is 2. The molecule has 5 heteroatoms. The van der Waals surface area contributed by atoms with Crippen molar-refractivity contribution < 1.29 is 14.3 Å². The first kappa shape index (κ1) is 14.3. The average molecular weight is 268 g/mol. The minimum absolute atomic E-state index is 0.00820. The quantitative estimate of drug-likeness (QED) is 0.766. The van der Waals surface area contributed by atoms with Gasteiger partial charge in [0.2, 0.25) is 5.91 Å². The molecule has 0 bridgehead atoms. The second-order valence-electron chi connectivity index (χ2n) is 5.88. The van der Waals surface area contributed by atoms with Gasteiger partial charge in [-0.15, -0.1) is 0 Å². The molecule has 1 heterocycles. The molecule has 0 radical (unpaired) electrons. The van der Waals surface area contributed by atoms with Crippen LogP contribution in [-0.4, -0.2) is 49.1 Å². The maximum atomic E-state index is 12.6. The normalized spacial score (nSPS) is 29.4. The number of rotatable bonds is 4. The lowest BCUT2D eigenvalue weighted by atomic mass is 9.93. The molecule has 2 aliphatic rings. The average Bonchev–Trinajstić information content (AvgIpc) is 2.96. The van der Waals surface area contributed by atoms with Crippen LogP contribution >= 0.6 is 0 Å². The summed E-state index contributed by atoms with van der Waals surface area (Å²) in [6, 6.07) is -0.103. The molecule has 1 aliphatic heterocycles. The highest BCUT2D eigenvalue weighted by molar-refractivity contribution is 5.86. The minimum atomic E-state index is -0.358. The van der Waals surface area contributed by atoms with Gasteiger partial charge in [-0.05, 0) is 45.1 Å². The molecule has 1 aliphatic carbocycles. The van der Waals surface area contributed by atoms with E-state index in [0.29, 0.717) is 11.8 Å². The zero-order chi connectivity index (χ0) is 14.0. The summed E-state index contributed by atoms with van der Waals surface area (Å²) in [4.78, 5) is 25.7. The molecule has 1 N–H and O–H groups in total. The number of nitrogens with one attached hydrogen (secondary N) is 1. The van der Waals surface area contributed by atoms with Crippen molar-refractivity contribution >= 4 is 11.9 Å². The van der Waals surface area contributed by atoms with Crippen molar-refractivity contribution in [2.75, 3.05) is 20.2 Å². The number of hydrogen-bond acceptors (Lipinski definition) is 4. The first-order chi connectivity index (χ1) is 9.04. The Kier molecular flexibility index (Phi) is 4.45. The zero-order valence-corrected chi connectivity index (χ0v) is 12.0. The van der Waals surface area contributed by atoms with E-state index >= 15 is 0 Å². The van der Waals surface area contributed by atoms with Gasteiger partial charge in [0.25, 0.3) is 0 Å². The number of nitrogens with zero attached hydrogens (tertiary/aromatic N) is 1. The van der Waals surface area contributed by atoms with Gasteiger partial charge in [-0.2, -0.15) is 0 Å². The smallest absolute Gasteiger partial charge is 0.325 e. The number of methoxy groups -OCH3 is 1. The minimum Gasteiger partial charge on any atom is -0.468 e. The fraction of sp³-hybridized carbons (Fsp3) is 0.857. The predicted molar refractivity (Wildman–Crippen MR) is 71.5 cm³/mol. The molecular formula is C14H24N2O3. The largest absolute Gasteiger partial charge is 0.468 e. The number of carbonyl (C=O) groups is 2. The third kappa shape index (κ3) is 2.91. The Hall–Kier alpha value is -1.10. The van der Waals surface area contributed by atoms with E-state index in [-0.39, 0.29) is 30.5 Å². The Labute approximate surface area is 114 Å². The van der Waals surface area contributed by atoms with Crippen molar-refractivity contribution in [1.82, 2.24) is 10.2 Å². The molecule has 0 aromatic rings. The number of esters is 1. The van der Waals surface area contributed by atoms with E-state index in [1.807, 2.05) is 13.8 Å². The fourth-order valence-corrected chi connectivity index (χ4v) is 3.36. The van der Waals surface area contributed by atoms with Crippen molar-refractivity contribution in [3.63, 3.8) is 0 Å². The molecule has 1 saturated carbocycles. The Morgan fingerprint density at radius 2 is 2.11 bits per heavy atom. The molecule has 0 spiro atoms. The summed E-state index contributed by atoms with van der Waals surface area (Å²) >= 11 is 0. The van der Waals surface area contributed by atoms with Crippen molar-refractivity contribution in [2.24, 2.45) is 11.8 Å². The van der Waals surface area contributed by atoms with Crippen molar-refractivity contribution in [2.45, 2.75) is 45.2 Å². The van der Waals surface area contributed by atoms with E-state index in [0.717, 1.165) is 13.0 Å². The summed E-state index contributed by atoms with van der Waals surface area (Å²) in [5, 5.41) is 3.34. The van der Waals surface area contributed by atoms with Gasteiger partial charge in [0, 0.05) is 6.04 Å². The molecule has 2 rings (SSSR count). The van der Waals surface area contributed by atoms with E-state index in [1.165, 1.54) is 20.0 Å². The van der Waals surface area contributed by atoms with Crippen molar-refractivity contribution in [3.8, 4) is 0 Å². The number of ether oxygens (including phenoxy) is 1. The van der Waals surface area contributed by atoms with E-state index in [1.54, 1.807) is 4.90 Å². The molecular weight excluding hydrogens is 244 g/mol. The zero-order valence-electron chi connectivity index (χ0n) is 12.0. The fourth-order valence-electron chi connectivity index (χ4n) is 3.36. The van der Waals surface area contributed by atoms with Crippen LogP contribution in [0, 0.1) is 11.8 Å². The maximum absolute atomic E-state index is 12.6. The molecule has 2 fully saturated rings. The third-order valence-electron chi connectivity index (χ3n) is 4.45. The summed E-state index contributed by atoms with van der Waals surface area (Å²) in [6.07, 6.45) is 3.57. The molecule has 0 aromatic heterocycles. The summed E-state index contributed by atoms with van der Waals surface area (Å²) in [5.41, 5.74) is 0. The topological polar surface area (TPSA) is 58.6 Å². The molecule has 1 amide bonds. The second kappa shape index (κ2) is 5.90. The summed E-state index contributed by atoms with van der Waals surface area (Å²) in [7, 11) is 1.35. The number of amides is 1. The van der Waals surface area contributed by atoms with Crippen LogP contribution in [0.5, 0.6) is 0 Å². The van der Waals surface area contributed by atoms with Crippen LogP contribution in [0.2, 0.25) is 0 Å². The van der Waals surface area contributed by atoms with Gasteiger partial charge in [0.1, 0.15) is 6.54 Å². The van der Waals surface area contributed by atoms with Crippen LogP contribution in [0.4, 0.5) is 0 Å². The highest BCUT2D eigenvalue weighted by Crippen LogP contribution is 2.38. The Bertz CT molecular complexity index is 357. The molecule has 19 heavy (non-hydrogen) atoms. The standard InChI is InChI=1S/C14H24N2O3/c1-9(2)16(8-12(17)19-3)14(18)13-11-6-4-5-10(11)7-15-13/h9-11,13,15H,4-8H2,1-3H3. The first-order valence-electron chi connectivity index (χ1n) is 7.15. The Morgan fingerprint density at radius 3 is 2.74 bits per heavy atom. The predicted octanol–water partition coefficient (Wildman–Crippen LogP) is 0.784. The van der Waals surface area contributed by atoms with Crippen LogP contribution in [0.1, 0.15) is 33.1 Å². The van der Waals surface area contributed by atoms with Crippen LogP contribution in [0.3, 0.4) is 0 Å². The third-order valence-corrected chi connectivity index (χ3v) is 4.45. The molecule has 108 valence electrons. The van der Waals surface area contributed by atoms with Crippen LogP contribution in [-0.2, 0) is 14.3 Å². The summed E-state index contributed by atoms with van der Waals surface area (Å²) < 4.78 is 4.68. The molecule has 3 atom stereocenters. The van der Waals surface area contributed by atoms with Gasteiger partial charge in [0.15, 0.2) is 0 Å². The highest BCUT2D eigenvalue weighted by Gasteiger charge is 2.44. The van der Waals surface area contributed by atoms with Gasteiger partial charge in [-0.25, -0.2) is 0 Å². The van der Waals surface area contributed by atoms with Crippen molar-refractivity contribution in [3.05, 3.63) is 0 Å². The highest BCUT2D eigenvalue weighted by atomic mass is 16.5. The SMILES string of the molecule is COC(=O)CN(C(=O)C1NCC2CCCC21)C(C)C. The lowest BCUT2D eigenvalue weighted by molar-refractivity contribution is -0.149. The lowest BCUT2D eigenvalue weighted by Crippen LogP contribution is -2.50. The van der Waals surface area contributed by atoms with Crippen LogP contribution in [0.25, 0.3) is 0 Å². The van der Waals surface area contributed by atoms with E-state index in [2.05, 4.69) is 10.1 Å². The second-order valence-corrected chi connectivity index (χ2v) is 5.88. The maximum Gasteiger partial charge on any atom is 0.325 e. The molecule has 3 unspecified atom stereocenters. The summed E-state index contributed by atoms with van der Waals surface area (Å²) in [6.45, 7) is 4.84. The van der Waals surface area contributed by atoms with Crippen LogP contribution in [0.15, 0.2) is 0 Å². The number of fused-ring (bicyclic) bond motifs is 1. The number of hydrogen-bond donors (Lipinski definition) is 1.